The number of nitrogens with one attached hydrogen (secondary N) is 3. The van der Waals surface area contributed by atoms with Crippen molar-refractivity contribution in [2.45, 2.75) is 37.6 Å². The maximum atomic E-state index is 6.29. The lowest BCUT2D eigenvalue weighted by Crippen LogP contribution is -2.35. The van der Waals surface area contributed by atoms with E-state index in [4.69, 9.17) is 11.6 Å². The number of imidazole rings is 1. The number of hydrogen-bond donors (Lipinski definition) is 3. The molecule has 0 amide bonds. The van der Waals surface area contributed by atoms with E-state index in [-0.39, 0.29) is 0 Å². The summed E-state index contributed by atoms with van der Waals surface area (Å²) < 4.78 is 2.16. The Bertz CT molecular complexity index is 960. The SMILES string of the molecule is Clc1cnc(Nc2ccn3c(C4CC4)cnc3c2)nc1NC1CCNCC1. The molecule has 4 heterocycles. The van der Waals surface area contributed by atoms with Crippen LogP contribution < -0.4 is 16.0 Å². The molecule has 3 aromatic heterocycles. The van der Waals surface area contributed by atoms with Crippen molar-refractivity contribution in [3.8, 4) is 0 Å². The Morgan fingerprint density at radius 2 is 1.96 bits per heavy atom. The van der Waals surface area contributed by atoms with Crippen LogP contribution in [-0.2, 0) is 0 Å². The van der Waals surface area contributed by atoms with Crippen molar-refractivity contribution in [3.05, 3.63) is 41.4 Å². The summed E-state index contributed by atoms with van der Waals surface area (Å²) in [5.74, 6) is 1.87. The molecule has 8 heteroatoms. The summed E-state index contributed by atoms with van der Waals surface area (Å²) in [5.41, 5.74) is 3.14. The molecule has 140 valence electrons. The van der Waals surface area contributed by atoms with Gasteiger partial charge >= 0.3 is 0 Å². The number of rotatable bonds is 5. The highest BCUT2D eigenvalue weighted by Gasteiger charge is 2.26. The van der Waals surface area contributed by atoms with Gasteiger partial charge in [0, 0.05) is 41.8 Å². The van der Waals surface area contributed by atoms with Crippen LogP contribution in [0.15, 0.2) is 30.7 Å². The first-order chi connectivity index (χ1) is 13.3. The van der Waals surface area contributed by atoms with Gasteiger partial charge in [0.2, 0.25) is 5.95 Å². The average molecular weight is 384 g/mol. The lowest BCUT2D eigenvalue weighted by Gasteiger charge is -2.24. The second-order valence-corrected chi connectivity index (χ2v) is 7.69. The summed E-state index contributed by atoms with van der Waals surface area (Å²) in [5, 5.41) is 10.6. The van der Waals surface area contributed by atoms with Crippen molar-refractivity contribution in [2.75, 3.05) is 23.7 Å². The highest BCUT2D eigenvalue weighted by molar-refractivity contribution is 6.32. The molecular formula is C19H22ClN7. The fraction of sp³-hybridized carbons (Fsp3) is 0.421. The lowest BCUT2D eigenvalue weighted by atomic mass is 10.1. The van der Waals surface area contributed by atoms with Crippen LogP contribution in [0.25, 0.3) is 5.65 Å². The fourth-order valence-electron chi connectivity index (χ4n) is 3.58. The summed E-state index contributed by atoms with van der Waals surface area (Å²) in [6, 6.07) is 4.43. The number of halogens is 1. The highest BCUT2D eigenvalue weighted by atomic mass is 35.5. The molecule has 7 nitrogen and oxygen atoms in total. The number of hydrogen-bond acceptors (Lipinski definition) is 6. The molecule has 1 saturated carbocycles. The Morgan fingerprint density at radius 3 is 2.78 bits per heavy atom. The first kappa shape index (κ1) is 16.8. The normalized spacial score (nSPS) is 18.0. The summed E-state index contributed by atoms with van der Waals surface area (Å²) >= 11 is 6.29. The van der Waals surface area contributed by atoms with Crippen LogP contribution in [0.4, 0.5) is 17.5 Å². The number of fused-ring (bicyclic) bond motifs is 1. The molecule has 3 N–H and O–H groups in total. The van der Waals surface area contributed by atoms with Crippen molar-refractivity contribution >= 4 is 34.7 Å². The van der Waals surface area contributed by atoms with Crippen molar-refractivity contribution in [1.29, 1.82) is 0 Å². The Kier molecular flexibility index (Phi) is 4.33. The number of pyridine rings is 1. The third-order valence-electron chi connectivity index (χ3n) is 5.22. The minimum atomic E-state index is 0.383. The van der Waals surface area contributed by atoms with Gasteiger partial charge in [-0.25, -0.2) is 9.97 Å². The van der Waals surface area contributed by atoms with Crippen LogP contribution in [0.3, 0.4) is 0 Å². The van der Waals surface area contributed by atoms with E-state index >= 15 is 0 Å². The van der Waals surface area contributed by atoms with E-state index in [9.17, 15) is 0 Å². The molecule has 0 unspecified atom stereocenters. The molecule has 1 saturated heterocycles. The van der Waals surface area contributed by atoms with Gasteiger partial charge in [-0.15, -0.1) is 0 Å². The van der Waals surface area contributed by atoms with Crippen molar-refractivity contribution in [3.63, 3.8) is 0 Å². The van der Waals surface area contributed by atoms with Gasteiger partial charge in [-0.2, -0.15) is 4.98 Å². The number of aromatic nitrogens is 4. The second kappa shape index (κ2) is 6.98. The summed E-state index contributed by atoms with van der Waals surface area (Å²) in [7, 11) is 0. The van der Waals surface area contributed by atoms with Crippen molar-refractivity contribution in [1.82, 2.24) is 24.7 Å². The molecule has 0 bridgehead atoms. The fourth-order valence-corrected chi connectivity index (χ4v) is 3.72. The maximum Gasteiger partial charge on any atom is 0.229 e. The van der Waals surface area contributed by atoms with Gasteiger partial charge < -0.3 is 20.4 Å². The first-order valence-corrected chi connectivity index (χ1v) is 9.88. The molecule has 0 spiro atoms. The van der Waals surface area contributed by atoms with Crippen LogP contribution in [0.2, 0.25) is 5.02 Å². The summed E-state index contributed by atoms with van der Waals surface area (Å²) in [6.07, 6.45) is 10.3. The quantitative estimate of drug-likeness (QED) is 0.625. The molecular weight excluding hydrogens is 362 g/mol. The zero-order chi connectivity index (χ0) is 18.2. The van der Waals surface area contributed by atoms with Crippen molar-refractivity contribution < 1.29 is 0 Å². The van der Waals surface area contributed by atoms with Gasteiger partial charge in [-0.3, -0.25) is 0 Å². The first-order valence-electron chi connectivity index (χ1n) is 9.50. The van der Waals surface area contributed by atoms with Gasteiger partial charge in [-0.1, -0.05) is 11.6 Å². The molecule has 2 fully saturated rings. The van der Waals surface area contributed by atoms with E-state index in [2.05, 4.69) is 41.5 Å². The van der Waals surface area contributed by atoms with Crippen LogP contribution in [0.5, 0.6) is 0 Å². The molecule has 5 rings (SSSR count). The number of anilines is 3. The molecule has 0 atom stereocenters. The van der Waals surface area contributed by atoms with Crippen LogP contribution in [0, 0.1) is 0 Å². The minimum absolute atomic E-state index is 0.383. The topological polar surface area (TPSA) is 79.2 Å². The van der Waals surface area contributed by atoms with Gasteiger partial charge in [-0.05, 0) is 44.8 Å². The molecule has 2 aliphatic rings. The van der Waals surface area contributed by atoms with E-state index in [0.717, 1.165) is 37.3 Å². The Morgan fingerprint density at radius 1 is 1.11 bits per heavy atom. The minimum Gasteiger partial charge on any atom is -0.366 e. The largest absolute Gasteiger partial charge is 0.366 e. The summed E-state index contributed by atoms with van der Waals surface area (Å²) in [6.45, 7) is 2.03. The van der Waals surface area contributed by atoms with Crippen LogP contribution >= 0.6 is 11.6 Å². The molecule has 0 aromatic carbocycles. The van der Waals surface area contributed by atoms with E-state index in [0.29, 0.717) is 28.7 Å². The molecule has 27 heavy (non-hydrogen) atoms. The third-order valence-corrected chi connectivity index (χ3v) is 5.49. The van der Waals surface area contributed by atoms with Crippen LogP contribution in [0.1, 0.15) is 37.3 Å². The highest BCUT2D eigenvalue weighted by Crippen LogP contribution is 2.40. The Balaban J connectivity index is 1.35. The van der Waals surface area contributed by atoms with Gasteiger partial charge in [0.05, 0.1) is 6.20 Å². The zero-order valence-electron chi connectivity index (χ0n) is 15.0. The maximum absolute atomic E-state index is 6.29. The predicted molar refractivity (Wildman–Crippen MR) is 107 cm³/mol. The standard InChI is InChI=1S/C19H22ClN7/c20-15-10-23-19(26-18(15)24-13-3-6-21-7-4-13)25-14-5-8-27-16(12-1-2-12)11-22-17(27)9-14/h5,8-13,21H,1-4,6-7H2,(H2,23,24,25,26). The second-order valence-electron chi connectivity index (χ2n) is 7.28. The van der Waals surface area contributed by atoms with Gasteiger partial charge in [0.15, 0.2) is 5.82 Å². The summed E-state index contributed by atoms with van der Waals surface area (Å²) in [4.78, 5) is 13.4. The Labute approximate surface area is 162 Å². The van der Waals surface area contributed by atoms with Crippen molar-refractivity contribution in [2.24, 2.45) is 0 Å². The lowest BCUT2D eigenvalue weighted by molar-refractivity contribution is 0.478. The molecule has 0 radical (unpaired) electrons. The molecule has 3 aromatic rings. The molecule has 1 aliphatic heterocycles. The van der Waals surface area contributed by atoms with E-state index in [1.165, 1.54) is 18.5 Å². The zero-order valence-corrected chi connectivity index (χ0v) is 15.7. The molecule has 1 aliphatic carbocycles. The predicted octanol–water partition coefficient (Wildman–Crippen LogP) is 3.56. The smallest absolute Gasteiger partial charge is 0.229 e. The van der Waals surface area contributed by atoms with Gasteiger partial charge in [0.1, 0.15) is 10.7 Å². The number of nitrogens with zero attached hydrogens (tertiary/aromatic N) is 4. The van der Waals surface area contributed by atoms with E-state index in [1.807, 2.05) is 18.3 Å². The van der Waals surface area contributed by atoms with Gasteiger partial charge in [0.25, 0.3) is 0 Å². The Hall–Kier alpha value is -2.38. The number of piperidine rings is 1. The van der Waals surface area contributed by atoms with E-state index in [1.54, 1.807) is 6.20 Å². The van der Waals surface area contributed by atoms with E-state index < -0.39 is 0 Å². The monoisotopic (exact) mass is 383 g/mol. The van der Waals surface area contributed by atoms with Crippen LogP contribution in [-0.4, -0.2) is 38.5 Å². The average Bonchev–Trinajstić information content (AvgIpc) is 3.45. The third kappa shape index (κ3) is 3.57.